The molecule has 0 aliphatic heterocycles. The van der Waals surface area contributed by atoms with E-state index < -0.39 is 6.10 Å². The van der Waals surface area contributed by atoms with Gasteiger partial charge in [0.25, 0.3) is 0 Å². The highest BCUT2D eigenvalue weighted by Gasteiger charge is 2.43. The molecule has 19 heavy (non-hydrogen) atoms. The summed E-state index contributed by atoms with van der Waals surface area (Å²) in [5.41, 5.74) is 1.04. The SMILES string of the molecule is CC(C)(C)C(O)CNC(=O)C1CC1c1ccccc1. The molecule has 1 aromatic rings. The molecular weight excluding hydrogens is 238 g/mol. The molecule has 104 valence electrons. The third-order valence-electron chi connectivity index (χ3n) is 3.82. The Kier molecular flexibility index (Phi) is 3.95. The highest BCUT2D eigenvalue weighted by molar-refractivity contribution is 5.82. The molecule has 3 atom stereocenters. The topological polar surface area (TPSA) is 49.3 Å². The highest BCUT2D eigenvalue weighted by atomic mass is 16.3. The van der Waals surface area contributed by atoms with E-state index in [2.05, 4.69) is 17.4 Å². The first kappa shape index (κ1) is 14.1. The molecule has 2 N–H and O–H groups in total. The summed E-state index contributed by atoms with van der Waals surface area (Å²) in [6.07, 6.45) is 0.409. The van der Waals surface area contributed by atoms with E-state index in [0.717, 1.165) is 6.42 Å². The van der Waals surface area contributed by atoms with Crippen LogP contribution in [0.4, 0.5) is 0 Å². The van der Waals surface area contributed by atoms with Gasteiger partial charge in [0.1, 0.15) is 0 Å². The maximum Gasteiger partial charge on any atom is 0.223 e. The molecule has 1 saturated carbocycles. The highest BCUT2D eigenvalue weighted by Crippen LogP contribution is 2.47. The van der Waals surface area contributed by atoms with Gasteiger partial charge in [0.15, 0.2) is 0 Å². The Labute approximate surface area is 115 Å². The third-order valence-corrected chi connectivity index (χ3v) is 3.82. The van der Waals surface area contributed by atoms with Crippen LogP contribution in [0.3, 0.4) is 0 Å². The number of hydrogen-bond acceptors (Lipinski definition) is 2. The lowest BCUT2D eigenvalue weighted by atomic mass is 9.89. The van der Waals surface area contributed by atoms with Crippen molar-refractivity contribution in [2.24, 2.45) is 11.3 Å². The third kappa shape index (κ3) is 3.57. The Bertz CT molecular complexity index is 436. The molecule has 3 nitrogen and oxygen atoms in total. The van der Waals surface area contributed by atoms with Crippen molar-refractivity contribution in [3.8, 4) is 0 Å². The van der Waals surface area contributed by atoms with Gasteiger partial charge < -0.3 is 10.4 Å². The summed E-state index contributed by atoms with van der Waals surface area (Å²) in [7, 11) is 0. The number of rotatable bonds is 4. The van der Waals surface area contributed by atoms with Gasteiger partial charge in [0.2, 0.25) is 5.91 Å². The quantitative estimate of drug-likeness (QED) is 0.874. The van der Waals surface area contributed by atoms with Gasteiger partial charge >= 0.3 is 0 Å². The number of benzene rings is 1. The average Bonchev–Trinajstić information content (AvgIpc) is 3.15. The van der Waals surface area contributed by atoms with Crippen LogP contribution in [0.5, 0.6) is 0 Å². The number of nitrogens with one attached hydrogen (secondary N) is 1. The molecular formula is C16H23NO2. The van der Waals surface area contributed by atoms with Crippen molar-refractivity contribution in [1.82, 2.24) is 5.32 Å². The Balaban J connectivity index is 1.81. The van der Waals surface area contributed by atoms with Crippen LogP contribution in [-0.2, 0) is 4.79 Å². The molecule has 3 unspecified atom stereocenters. The first-order chi connectivity index (χ1) is 8.89. The van der Waals surface area contributed by atoms with Crippen LogP contribution < -0.4 is 5.32 Å². The average molecular weight is 261 g/mol. The largest absolute Gasteiger partial charge is 0.391 e. The van der Waals surface area contributed by atoms with Gasteiger partial charge in [-0.3, -0.25) is 4.79 Å². The fraction of sp³-hybridized carbons (Fsp3) is 0.562. The summed E-state index contributed by atoms with van der Waals surface area (Å²) in [5, 5.41) is 12.8. The molecule has 0 saturated heterocycles. The van der Waals surface area contributed by atoms with Gasteiger partial charge in [0, 0.05) is 12.5 Å². The van der Waals surface area contributed by atoms with Gasteiger partial charge in [-0.2, -0.15) is 0 Å². The molecule has 1 aliphatic rings. The lowest BCUT2D eigenvalue weighted by molar-refractivity contribution is -0.123. The minimum Gasteiger partial charge on any atom is -0.391 e. The number of aliphatic hydroxyl groups excluding tert-OH is 1. The van der Waals surface area contributed by atoms with Crippen molar-refractivity contribution in [3.63, 3.8) is 0 Å². The van der Waals surface area contributed by atoms with E-state index in [1.165, 1.54) is 5.56 Å². The lowest BCUT2D eigenvalue weighted by Gasteiger charge is -2.25. The monoisotopic (exact) mass is 261 g/mol. The van der Waals surface area contributed by atoms with Gasteiger partial charge in [-0.05, 0) is 23.3 Å². The summed E-state index contributed by atoms with van der Waals surface area (Å²) in [6.45, 7) is 6.23. The van der Waals surface area contributed by atoms with Crippen LogP contribution in [0.15, 0.2) is 30.3 Å². The maximum atomic E-state index is 12.0. The van der Waals surface area contributed by atoms with Crippen molar-refractivity contribution < 1.29 is 9.90 Å². The molecule has 0 radical (unpaired) electrons. The molecule has 3 heteroatoms. The molecule has 1 fully saturated rings. The van der Waals surface area contributed by atoms with E-state index in [9.17, 15) is 9.90 Å². The second-order valence-corrected chi connectivity index (χ2v) is 6.49. The van der Waals surface area contributed by atoms with Gasteiger partial charge in [0.05, 0.1) is 6.10 Å². The number of hydrogen-bond donors (Lipinski definition) is 2. The summed E-state index contributed by atoms with van der Waals surface area (Å²) < 4.78 is 0. The van der Waals surface area contributed by atoms with Gasteiger partial charge in [-0.1, -0.05) is 51.1 Å². The van der Waals surface area contributed by atoms with E-state index in [0.29, 0.717) is 12.5 Å². The molecule has 0 aromatic heterocycles. The van der Waals surface area contributed by atoms with E-state index in [-0.39, 0.29) is 17.2 Å². The molecule has 0 heterocycles. The van der Waals surface area contributed by atoms with Crippen LogP contribution in [0, 0.1) is 11.3 Å². The Morgan fingerprint density at radius 3 is 2.58 bits per heavy atom. The smallest absolute Gasteiger partial charge is 0.223 e. The van der Waals surface area contributed by atoms with Crippen LogP contribution in [0.1, 0.15) is 38.7 Å². The first-order valence-corrected chi connectivity index (χ1v) is 6.90. The first-order valence-electron chi connectivity index (χ1n) is 6.90. The second kappa shape index (κ2) is 5.33. The van der Waals surface area contributed by atoms with Crippen LogP contribution in [-0.4, -0.2) is 23.7 Å². The molecule has 1 amide bonds. The fourth-order valence-corrected chi connectivity index (χ4v) is 2.19. The van der Waals surface area contributed by atoms with Crippen molar-refractivity contribution in [2.45, 2.75) is 39.2 Å². The fourth-order valence-electron chi connectivity index (χ4n) is 2.19. The zero-order valence-electron chi connectivity index (χ0n) is 11.9. The molecule has 1 aromatic carbocycles. The minimum absolute atomic E-state index is 0.0668. The zero-order chi connectivity index (χ0) is 14.0. The van der Waals surface area contributed by atoms with Gasteiger partial charge in [-0.15, -0.1) is 0 Å². The molecule has 0 spiro atoms. The van der Waals surface area contributed by atoms with E-state index in [4.69, 9.17) is 0 Å². The lowest BCUT2D eigenvalue weighted by Crippen LogP contribution is -2.39. The predicted octanol–water partition coefficient (Wildman–Crippen LogP) is 2.31. The number of carbonyl (C=O) groups excluding carboxylic acids is 1. The number of aliphatic hydroxyl groups is 1. The molecule has 1 aliphatic carbocycles. The Hall–Kier alpha value is -1.35. The second-order valence-electron chi connectivity index (χ2n) is 6.49. The van der Waals surface area contributed by atoms with Crippen LogP contribution in [0.25, 0.3) is 0 Å². The summed E-state index contributed by atoms with van der Waals surface area (Å²) >= 11 is 0. The van der Waals surface area contributed by atoms with Crippen molar-refractivity contribution in [1.29, 1.82) is 0 Å². The zero-order valence-corrected chi connectivity index (χ0v) is 11.9. The van der Waals surface area contributed by atoms with Crippen LogP contribution >= 0.6 is 0 Å². The number of carbonyl (C=O) groups is 1. The maximum absolute atomic E-state index is 12.0. The van der Waals surface area contributed by atoms with E-state index >= 15 is 0 Å². The van der Waals surface area contributed by atoms with E-state index in [1.807, 2.05) is 39.0 Å². The molecule has 2 rings (SSSR count). The predicted molar refractivity (Wildman–Crippen MR) is 75.8 cm³/mol. The Morgan fingerprint density at radius 2 is 2.00 bits per heavy atom. The normalized spacial score (nSPS) is 23.8. The Morgan fingerprint density at radius 1 is 1.37 bits per heavy atom. The van der Waals surface area contributed by atoms with Crippen molar-refractivity contribution in [2.75, 3.05) is 6.54 Å². The summed E-state index contributed by atoms with van der Waals surface area (Å²) in [4.78, 5) is 12.0. The van der Waals surface area contributed by atoms with Crippen molar-refractivity contribution >= 4 is 5.91 Å². The summed E-state index contributed by atoms with van der Waals surface area (Å²) in [6, 6.07) is 10.1. The van der Waals surface area contributed by atoms with E-state index in [1.54, 1.807) is 0 Å². The van der Waals surface area contributed by atoms with Gasteiger partial charge in [-0.25, -0.2) is 0 Å². The summed E-state index contributed by atoms with van der Waals surface area (Å²) in [5.74, 6) is 0.500. The molecule has 0 bridgehead atoms. The minimum atomic E-state index is -0.509. The van der Waals surface area contributed by atoms with Crippen molar-refractivity contribution in [3.05, 3.63) is 35.9 Å². The standard InChI is InChI=1S/C16H23NO2/c1-16(2,3)14(18)10-17-15(19)13-9-12(13)11-7-5-4-6-8-11/h4-8,12-14,18H,9-10H2,1-3H3,(H,17,19). The number of amides is 1. The van der Waals surface area contributed by atoms with Crippen LogP contribution in [0.2, 0.25) is 0 Å².